The number of rotatable bonds is 5. The van der Waals surface area contributed by atoms with Crippen molar-refractivity contribution >= 4 is 15.9 Å². The normalized spacial score (nSPS) is 20.8. The zero-order valence-corrected chi connectivity index (χ0v) is 9.43. The number of alkyl halides is 2. The lowest BCUT2D eigenvalue weighted by Crippen LogP contribution is -2.38. The van der Waals surface area contributed by atoms with Crippen LogP contribution in [-0.2, 0) is 4.74 Å². The van der Waals surface area contributed by atoms with Crippen LogP contribution in [0.25, 0.3) is 0 Å². The van der Waals surface area contributed by atoms with Crippen LogP contribution in [0.2, 0.25) is 0 Å². The average molecular weight is 254 g/mol. The molecule has 0 unspecified atom stereocenters. The maximum Gasteiger partial charge on any atom is 0.102 e. The molecule has 78 valence electrons. The standard InChI is InChI=1S/C9H17BrFNO/c10-3-8-13-9-1-5-12(6-2-9)7-4-11/h9H,1-8H2. The van der Waals surface area contributed by atoms with Gasteiger partial charge in [0.2, 0.25) is 0 Å². The van der Waals surface area contributed by atoms with Crippen molar-refractivity contribution in [3.8, 4) is 0 Å². The number of halogens is 2. The molecular weight excluding hydrogens is 237 g/mol. The van der Waals surface area contributed by atoms with Gasteiger partial charge in [0.15, 0.2) is 0 Å². The van der Waals surface area contributed by atoms with Crippen LogP contribution in [0.1, 0.15) is 12.8 Å². The van der Waals surface area contributed by atoms with Gasteiger partial charge in [0.1, 0.15) is 6.67 Å². The highest BCUT2D eigenvalue weighted by Gasteiger charge is 2.18. The Kier molecular flexibility index (Phi) is 5.91. The van der Waals surface area contributed by atoms with Gasteiger partial charge in [-0.2, -0.15) is 0 Å². The van der Waals surface area contributed by atoms with Gasteiger partial charge < -0.3 is 9.64 Å². The Morgan fingerprint density at radius 1 is 1.38 bits per heavy atom. The van der Waals surface area contributed by atoms with E-state index in [0.717, 1.165) is 37.9 Å². The molecule has 0 aromatic heterocycles. The molecular formula is C9H17BrFNO. The molecule has 0 spiro atoms. The molecule has 2 nitrogen and oxygen atoms in total. The highest BCUT2D eigenvalue weighted by molar-refractivity contribution is 9.09. The maximum absolute atomic E-state index is 12.0. The molecule has 13 heavy (non-hydrogen) atoms. The third-order valence-corrected chi connectivity index (χ3v) is 2.69. The van der Waals surface area contributed by atoms with Crippen molar-refractivity contribution in [3.05, 3.63) is 0 Å². The molecule has 1 heterocycles. The molecule has 0 atom stereocenters. The lowest BCUT2D eigenvalue weighted by atomic mass is 10.1. The molecule has 0 aromatic carbocycles. The summed E-state index contributed by atoms with van der Waals surface area (Å²) < 4.78 is 17.6. The second-order valence-corrected chi connectivity index (χ2v) is 4.08. The third-order valence-electron chi connectivity index (χ3n) is 2.37. The third kappa shape index (κ3) is 4.38. The number of ether oxygens (including phenoxy) is 1. The van der Waals surface area contributed by atoms with Gasteiger partial charge in [-0.05, 0) is 12.8 Å². The smallest absolute Gasteiger partial charge is 0.102 e. The van der Waals surface area contributed by atoms with Crippen molar-refractivity contribution in [1.29, 1.82) is 0 Å². The van der Waals surface area contributed by atoms with E-state index < -0.39 is 0 Å². The van der Waals surface area contributed by atoms with Gasteiger partial charge in [-0.25, -0.2) is 4.39 Å². The quantitative estimate of drug-likeness (QED) is 0.694. The summed E-state index contributed by atoms with van der Waals surface area (Å²) >= 11 is 3.33. The van der Waals surface area contributed by atoms with E-state index in [1.54, 1.807) is 0 Å². The topological polar surface area (TPSA) is 12.5 Å². The predicted molar refractivity (Wildman–Crippen MR) is 55.2 cm³/mol. The minimum absolute atomic E-state index is 0.229. The number of hydrogen-bond acceptors (Lipinski definition) is 2. The van der Waals surface area contributed by atoms with Crippen LogP contribution in [0.4, 0.5) is 4.39 Å². The molecule has 1 aliphatic rings. The summed E-state index contributed by atoms with van der Waals surface area (Å²) in [7, 11) is 0. The fourth-order valence-corrected chi connectivity index (χ4v) is 1.82. The van der Waals surface area contributed by atoms with Gasteiger partial charge in [-0.1, -0.05) is 15.9 Å². The lowest BCUT2D eigenvalue weighted by Gasteiger charge is -2.30. The van der Waals surface area contributed by atoms with E-state index in [2.05, 4.69) is 20.8 Å². The Labute approximate surface area is 87.6 Å². The molecule has 0 N–H and O–H groups in total. The number of hydrogen-bond donors (Lipinski definition) is 0. The van der Waals surface area contributed by atoms with Crippen molar-refractivity contribution in [3.63, 3.8) is 0 Å². The Bertz CT molecular complexity index is 129. The van der Waals surface area contributed by atoms with E-state index in [9.17, 15) is 4.39 Å². The van der Waals surface area contributed by atoms with Crippen LogP contribution >= 0.6 is 15.9 Å². The molecule has 1 aliphatic heterocycles. The van der Waals surface area contributed by atoms with Gasteiger partial charge in [0, 0.05) is 25.0 Å². The second kappa shape index (κ2) is 6.74. The van der Waals surface area contributed by atoms with Gasteiger partial charge in [-0.3, -0.25) is 0 Å². The summed E-state index contributed by atoms with van der Waals surface area (Å²) in [6.07, 6.45) is 2.49. The fraction of sp³-hybridized carbons (Fsp3) is 1.00. The molecule has 4 heteroatoms. The average Bonchev–Trinajstić information content (AvgIpc) is 2.17. The monoisotopic (exact) mass is 253 g/mol. The van der Waals surface area contributed by atoms with Crippen LogP contribution in [0, 0.1) is 0 Å². The van der Waals surface area contributed by atoms with Crippen LogP contribution in [0.15, 0.2) is 0 Å². The Morgan fingerprint density at radius 3 is 2.62 bits per heavy atom. The predicted octanol–water partition coefficient (Wildman–Crippen LogP) is 1.83. The molecule has 1 saturated heterocycles. The van der Waals surface area contributed by atoms with E-state index in [4.69, 9.17) is 4.74 Å². The molecule has 1 fully saturated rings. The molecule has 0 aliphatic carbocycles. The number of nitrogens with zero attached hydrogens (tertiary/aromatic N) is 1. The van der Waals surface area contributed by atoms with Crippen LogP contribution in [0.5, 0.6) is 0 Å². The molecule has 0 amide bonds. The second-order valence-electron chi connectivity index (χ2n) is 3.29. The minimum atomic E-state index is -0.229. The first-order chi connectivity index (χ1) is 6.36. The Balaban J connectivity index is 2.08. The summed E-state index contributed by atoms with van der Waals surface area (Å²) in [6.45, 7) is 3.11. The van der Waals surface area contributed by atoms with Crippen molar-refractivity contribution in [2.75, 3.05) is 38.2 Å². The maximum atomic E-state index is 12.0. The van der Waals surface area contributed by atoms with Gasteiger partial charge in [0.05, 0.1) is 12.7 Å². The van der Waals surface area contributed by atoms with Gasteiger partial charge in [0.25, 0.3) is 0 Å². The first kappa shape index (κ1) is 11.4. The SMILES string of the molecule is FCCN1CCC(OCCBr)CC1. The van der Waals surface area contributed by atoms with Crippen LogP contribution in [-0.4, -0.2) is 49.2 Å². The summed E-state index contributed by atoms with van der Waals surface area (Å²) in [5, 5.41) is 0.900. The summed E-state index contributed by atoms with van der Waals surface area (Å²) in [6, 6.07) is 0. The molecule has 0 bridgehead atoms. The summed E-state index contributed by atoms with van der Waals surface area (Å²) in [5.74, 6) is 0. The van der Waals surface area contributed by atoms with Crippen molar-refractivity contribution in [2.24, 2.45) is 0 Å². The Morgan fingerprint density at radius 2 is 2.08 bits per heavy atom. The van der Waals surface area contributed by atoms with Crippen molar-refractivity contribution < 1.29 is 9.13 Å². The van der Waals surface area contributed by atoms with Gasteiger partial charge in [-0.15, -0.1) is 0 Å². The van der Waals surface area contributed by atoms with E-state index in [0.29, 0.717) is 12.6 Å². The molecule has 0 aromatic rings. The Hall–Kier alpha value is 0.330. The van der Waals surface area contributed by atoms with E-state index in [1.807, 2.05) is 0 Å². The number of likely N-dealkylation sites (tertiary alicyclic amines) is 1. The first-order valence-corrected chi connectivity index (χ1v) is 5.95. The molecule has 1 rings (SSSR count). The highest BCUT2D eigenvalue weighted by Crippen LogP contribution is 2.13. The fourth-order valence-electron chi connectivity index (χ4n) is 1.63. The summed E-state index contributed by atoms with van der Waals surface area (Å²) in [4.78, 5) is 2.16. The first-order valence-electron chi connectivity index (χ1n) is 4.82. The van der Waals surface area contributed by atoms with Crippen molar-refractivity contribution in [2.45, 2.75) is 18.9 Å². The lowest BCUT2D eigenvalue weighted by molar-refractivity contribution is 0.0149. The van der Waals surface area contributed by atoms with Crippen molar-refractivity contribution in [1.82, 2.24) is 4.90 Å². The largest absolute Gasteiger partial charge is 0.377 e. The van der Waals surface area contributed by atoms with E-state index >= 15 is 0 Å². The zero-order chi connectivity index (χ0) is 9.52. The zero-order valence-electron chi connectivity index (χ0n) is 7.85. The van der Waals surface area contributed by atoms with Crippen LogP contribution in [0.3, 0.4) is 0 Å². The summed E-state index contributed by atoms with van der Waals surface area (Å²) in [5.41, 5.74) is 0. The van der Waals surface area contributed by atoms with Gasteiger partial charge >= 0.3 is 0 Å². The molecule has 0 radical (unpaired) electrons. The minimum Gasteiger partial charge on any atom is -0.377 e. The molecule has 0 saturated carbocycles. The highest BCUT2D eigenvalue weighted by atomic mass is 79.9. The number of piperidine rings is 1. The van der Waals surface area contributed by atoms with Crippen LogP contribution < -0.4 is 0 Å². The van der Waals surface area contributed by atoms with E-state index in [-0.39, 0.29) is 6.67 Å². The van der Waals surface area contributed by atoms with E-state index in [1.165, 1.54) is 0 Å².